The molecular formula is C29H32N6O2. The molecule has 2 aromatic heterocycles. The second-order valence-corrected chi connectivity index (χ2v) is 9.70. The molecular weight excluding hydrogens is 464 g/mol. The lowest BCUT2D eigenvalue weighted by atomic mass is 9.95. The number of anilines is 2. The molecule has 8 nitrogen and oxygen atoms in total. The van der Waals surface area contributed by atoms with Crippen molar-refractivity contribution in [1.29, 1.82) is 0 Å². The number of rotatable bonds is 7. The maximum atomic E-state index is 12.8. The molecule has 1 aliphatic heterocycles. The van der Waals surface area contributed by atoms with Crippen LogP contribution in [0.4, 0.5) is 11.5 Å². The number of hydrogen-bond acceptors (Lipinski definition) is 7. The summed E-state index contributed by atoms with van der Waals surface area (Å²) < 4.78 is 5.63. The van der Waals surface area contributed by atoms with E-state index in [4.69, 9.17) is 4.52 Å². The zero-order chi connectivity index (χ0) is 25.8. The van der Waals surface area contributed by atoms with Crippen LogP contribution in [0.25, 0.3) is 22.8 Å². The summed E-state index contributed by atoms with van der Waals surface area (Å²) in [6, 6.07) is 20.1. The van der Waals surface area contributed by atoms with Gasteiger partial charge in [-0.05, 0) is 49.6 Å². The minimum atomic E-state index is -0.0130. The smallest absolute Gasteiger partial charge is 0.261 e. The van der Waals surface area contributed by atoms with Gasteiger partial charge in [0.15, 0.2) is 0 Å². The molecule has 190 valence electrons. The quantitative estimate of drug-likeness (QED) is 0.397. The fraction of sp³-hybridized carbons (Fsp3) is 0.310. The van der Waals surface area contributed by atoms with E-state index in [0.717, 1.165) is 54.1 Å². The molecule has 1 N–H and O–H groups in total. The van der Waals surface area contributed by atoms with Crippen LogP contribution in [0, 0.1) is 12.8 Å². The summed E-state index contributed by atoms with van der Waals surface area (Å²) in [6.07, 6.45) is 3.30. The molecule has 0 aliphatic carbocycles. The summed E-state index contributed by atoms with van der Waals surface area (Å²) in [7, 11) is 4.03. The normalized spacial score (nSPS) is 14.0. The lowest BCUT2D eigenvalue weighted by Crippen LogP contribution is -2.40. The highest BCUT2D eigenvalue weighted by Gasteiger charge is 2.27. The zero-order valence-electron chi connectivity index (χ0n) is 21.5. The van der Waals surface area contributed by atoms with Gasteiger partial charge < -0.3 is 19.6 Å². The molecule has 0 radical (unpaired) electrons. The first kappa shape index (κ1) is 24.5. The highest BCUT2D eigenvalue weighted by molar-refractivity contribution is 5.79. The molecule has 0 bridgehead atoms. The van der Waals surface area contributed by atoms with Crippen LogP contribution in [0.15, 0.2) is 71.4 Å². The Labute approximate surface area is 217 Å². The van der Waals surface area contributed by atoms with E-state index < -0.39 is 0 Å². The molecule has 0 atom stereocenters. The van der Waals surface area contributed by atoms with Crippen LogP contribution in [-0.2, 0) is 11.3 Å². The molecule has 0 spiro atoms. The second-order valence-electron chi connectivity index (χ2n) is 9.70. The average Bonchev–Trinajstić information content (AvgIpc) is 3.43. The molecule has 1 fully saturated rings. The Hall–Kier alpha value is -4.20. The molecule has 1 saturated heterocycles. The summed E-state index contributed by atoms with van der Waals surface area (Å²) in [4.78, 5) is 26.4. The Morgan fingerprint density at radius 1 is 1.05 bits per heavy atom. The Balaban J connectivity index is 1.21. The van der Waals surface area contributed by atoms with Crippen LogP contribution in [0.3, 0.4) is 0 Å². The van der Waals surface area contributed by atoms with Crippen molar-refractivity contribution in [3.8, 4) is 22.8 Å². The van der Waals surface area contributed by atoms with Crippen molar-refractivity contribution in [2.24, 2.45) is 5.92 Å². The number of amides is 1. The molecule has 37 heavy (non-hydrogen) atoms. The first-order chi connectivity index (χ1) is 18.0. The van der Waals surface area contributed by atoms with Crippen molar-refractivity contribution in [1.82, 2.24) is 20.4 Å². The topological polar surface area (TPSA) is 87.4 Å². The maximum absolute atomic E-state index is 12.8. The second kappa shape index (κ2) is 10.8. The van der Waals surface area contributed by atoms with E-state index in [2.05, 4.69) is 54.5 Å². The standard InChI is InChI=1S/C29H32N6O2/c1-20-6-10-22(11-7-20)26-32-29(37-33-26)25-5-4-16-30-27(25)35-17-14-23(15-18-35)28(36)31-19-21-8-12-24(13-9-21)34(2)3/h4-13,16,23H,14-15,17-19H2,1-3H3,(H,31,36). The Kier molecular flexibility index (Phi) is 7.16. The highest BCUT2D eigenvalue weighted by atomic mass is 16.5. The summed E-state index contributed by atoms with van der Waals surface area (Å²) in [6.45, 7) is 4.05. The fourth-order valence-corrected chi connectivity index (χ4v) is 4.57. The third-order valence-electron chi connectivity index (χ3n) is 6.84. The molecule has 2 aromatic carbocycles. The van der Waals surface area contributed by atoms with Gasteiger partial charge in [-0.2, -0.15) is 4.98 Å². The number of pyridine rings is 1. The number of carbonyl (C=O) groups is 1. The highest BCUT2D eigenvalue weighted by Crippen LogP contribution is 2.32. The van der Waals surface area contributed by atoms with Crippen molar-refractivity contribution >= 4 is 17.4 Å². The first-order valence-electron chi connectivity index (χ1n) is 12.6. The lowest BCUT2D eigenvalue weighted by Gasteiger charge is -2.32. The van der Waals surface area contributed by atoms with Gasteiger partial charge in [0.25, 0.3) is 5.89 Å². The minimum absolute atomic E-state index is 0.0130. The van der Waals surface area contributed by atoms with Crippen LogP contribution < -0.4 is 15.1 Å². The van der Waals surface area contributed by atoms with E-state index in [0.29, 0.717) is 18.3 Å². The molecule has 1 aliphatic rings. The number of benzene rings is 2. The Morgan fingerprint density at radius 3 is 2.49 bits per heavy atom. The lowest BCUT2D eigenvalue weighted by molar-refractivity contribution is -0.125. The van der Waals surface area contributed by atoms with Crippen LogP contribution in [0.1, 0.15) is 24.0 Å². The van der Waals surface area contributed by atoms with Gasteiger partial charge in [0.05, 0.1) is 5.56 Å². The monoisotopic (exact) mass is 496 g/mol. The van der Waals surface area contributed by atoms with Gasteiger partial charge in [0.2, 0.25) is 11.7 Å². The van der Waals surface area contributed by atoms with Gasteiger partial charge in [-0.15, -0.1) is 0 Å². The van der Waals surface area contributed by atoms with E-state index >= 15 is 0 Å². The van der Waals surface area contributed by atoms with E-state index in [1.54, 1.807) is 6.20 Å². The summed E-state index contributed by atoms with van der Waals surface area (Å²) in [5.74, 6) is 1.90. The summed E-state index contributed by atoms with van der Waals surface area (Å²) in [5.41, 5.74) is 5.13. The van der Waals surface area contributed by atoms with Gasteiger partial charge in [-0.3, -0.25) is 4.79 Å². The number of nitrogens with zero attached hydrogens (tertiary/aromatic N) is 5. The van der Waals surface area contributed by atoms with Gasteiger partial charge in [-0.25, -0.2) is 4.98 Å². The molecule has 8 heteroatoms. The predicted molar refractivity (Wildman–Crippen MR) is 145 cm³/mol. The summed E-state index contributed by atoms with van der Waals surface area (Å²) in [5, 5.41) is 7.30. The maximum Gasteiger partial charge on any atom is 0.261 e. The van der Waals surface area contributed by atoms with E-state index in [-0.39, 0.29) is 11.8 Å². The van der Waals surface area contributed by atoms with Crippen molar-refractivity contribution in [2.75, 3.05) is 37.0 Å². The number of aromatic nitrogens is 3. The number of hydrogen-bond donors (Lipinski definition) is 1. The van der Waals surface area contributed by atoms with Crippen molar-refractivity contribution in [3.05, 3.63) is 78.0 Å². The minimum Gasteiger partial charge on any atom is -0.378 e. The summed E-state index contributed by atoms with van der Waals surface area (Å²) >= 11 is 0. The van der Waals surface area contributed by atoms with Gasteiger partial charge in [0, 0.05) is 57.1 Å². The van der Waals surface area contributed by atoms with E-state index in [9.17, 15) is 4.79 Å². The first-order valence-corrected chi connectivity index (χ1v) is 12.6. The largest absolute Gasteiger partial charge is 0.378 e. The molecule has 1 amide bonds. The number of nitrogens with one attached hydrogen (secondary N) is 1. The SMILES string of the molecule is Cc1ccc(-c2noc(-c3cccnc3N3CCC(C(=O)NCc4ccc(N(C)C)cc4)CC3)n2)cc1. The van der Waals surface area contributed by atoms with Crippen molar-refractivity contribution < 1.29 is 9.32 Å². The number of aryl methyl sites for hydroxylation is 1. The van der Waals surface area contributed by atoms with Crippen LogP contribution in [0.2, 0.25) is 0 Å². The predicted octanol–water partition coefficient (Wildman–Crippen LogP) is 4.71. The number of carbonyl (C=O) groups excluding carboxylic acids is 1. The van der Waals surface area contributed by atoms with Crippen LogP contribution in [0.5, 0.6) is 0 Å². The third kappa shape index (κ3) is 5.63. The molecule has 0 unspecified atom stereocenters. The fourth-order valence-electron chi connectivity index (χ4n) is 4.57. The van der Waals surface area contributed by atoms with Gasteiger partial charge in [0.1, 0.15) is 5.82 Å². The molecule has 0 saturated carbocycles. The van der Waals surface area contributed by atoms with E-state index in [1.807, 2.05) is 57.4 Å². The van der Waals surface area contributed by atoms with Gasteiger partial charge >= 0.3 is 0 Å². The molecule has 4 aromatic rings. The van der Waals surface area contributed by atoms with Crippen molar-refractivity contribution in [3.63, 3.8) is 0 Å². The zero-order valence-corrected chi connectivity index (χ0v) is 21.5. The van der Waals surface area contributed by atoms with Crippen molar-refractivity contribution in [2.45, 2.75) is 26.3 Å². The van der Waals surface area contributed by atoms with Gasteiger partial charge in [-0.1, -0.05) is 47.1 Å². The van der Waals surface area contributed by atoms with E-state index in [1.165, 1.54) is 5.56 Å². The Bertz CT molecular complexity index is 1340. The Morgan fingerprint density at radius 2 is 1.78 bits per heavy atom. The molecule has 5 rings (SSSR count). The number of piperidine rings is 1. The van der Waals surface area contributed by atoms with Crippen LogP contribution in [-0.4, -0.2) is 48.2 Å². The average molecular weight is 497 g/mol. The van der Waals surface area contributed by atoms with Crippen LogP contribution >= 0.6 is 0 Å². The third-order valence-corrected chi connectivity index (χ3v) is 6.84. The molecule has 3 heterocycles.